The number of benzene rings is 1. The lowest BCUT2D eigenvalue weighted by molar-refractivity contribution is 0.105. The summed E-state index contributed by atoms with van der Waals surface area (Å²) < 4.78 is 5.51. The Balaban J connectivity index is 1.63. The fourth-order valence-electron chi connectivity index (χ4n) is 2.24. The van der Waals surface area contributed by atoms with Gasteiger partial charge in [0.05, 0.1) is 5.02 Å². The molecule has 21 heavy (non-hydrogen) atoms. The first kappa shape index (κ1) is 17.2. The van der Waals surface area contributed by atoms with Crippen molar-refractivity contribution in [2.45, 2.75) is 18.9 Å². The zero-order valence-electron chi connectivity index (χ0n) is 11.9. The fourth-order valence-corrected chi connectivity index (χ4v) is 3.91. The maximum Gasteiger partial charge on any atom is 0.138 e. The molecule has 0 amide bonds. The Labute approximate surface area is 140 Å². The Kier molecular flexibility index (Phi) is 7.47. The third-order valence-electron chi connectivity index (χ3n) is 3.48. The molecule has 0 aliphatic carbocycles. The molecule has 1 heterocycles. The van der Waals surface area contributed by atoms with Gasteiger partial charge in [0.15, 0.2) is 0 Å². The monoisotopic (exact) mass is 349 g/mol. The lowest BCUT2D eigenvalue weighted by atomic mass is 10.0. The highest BCUT2D eigenvalue weighted by atomic mass is 35.5. The van der Waals surface area contributed by atoms with E-state index in [4.69, 9.17) is 27.9 Å². The Morgan fingerprint density at radius 2 is 2.10 bits per heavy atom. The van der Waals surface area contributed by atoms with Gasteiger partial charge in [0.1, 0.15) is 18.5 Å². The molecule has 1 aromatic rings. The van der Waals surface area contributed by atoms with E-state index in [1.165, 1.54) is 24.3 Å². The largest absolute Gasteiger partial charge is 0.489 e. The van der Waals surface area contributed by atoms with E-state index in [1.807, 2.05) is 11.8 Å². The molecule has 0 radical (unpaired) electrons. The molecule has 3 nitrogen and oxygen atoms in total. The summed E-state index contributed by atoms with van der Waals surface area (Å²) in [6, 6.07) is 5.06. The minimum absolute atomic E-state index is 0.217. The predicted octanol–water partition coefficient (Wildman–Crippen LogP) is 3.47. The second-order valence-corrected chi connectivity index (χ2v) is 7.32. The maximum absolute atomic E-state index is 9.92. The van der Waals surface area contributed by atoms with Crippen LogP contribution in [-0.4, -0.2) is 42.4 Å². The van der Waals surface area contributed by atoms with Crippen LogP contribution in [0.25, 0.3) is 0 Å². The molecule has 6 heteroatoms. The van der Waals surface area contributed by atoms with E-state index in [0.29, 0.717) is 22.3 Å². The van der Waals surface area contributed by atoms with Crippen LogP contribution in [0.1, 0.15) is 12.8 Å². The molecular weight excluding hydrogens is 329 g/mol. The Bertz CT molecular complexity index is 442. The molecular formula is C15H21Cl2NO2S. The summed E-state index contributed by atoms with van der Waals surface area (Å²) in [5.74, 6) is 3.80. The van der Waals surface area contributed by atoms with Crippen LogP contribution in [0.3, 0.4) is 0 Å². The molecule has 118 valence electrons. The van der Waals surface area contributed by atoms with Crippen molar-refractivity contribution in [2.75, 3.05) is 31.2 Å². The van der Waals surface area contributed by atoms with Gasteiger partial charge in [0.2, 0.25) is 0 Å². The molecule has 0 saturated carbocycles. The number of aliphatic hydroxyl groups excluding tert-OH is 1. The summed E-state index contributed by atoms with van der Waals surface area (Å²) in [6.07, 6.45) is 1.99. The smallest absolute Gasteiger partial charge is 0.138 e. The van der Waals surface area contributed by atoms with E-state index in [2.05, 4.69) is 5.32 Å². The van der Waals surface area contributed by atoms with E-state index in [1.54, 1.807) is 18.2 Å². The van der Waals surface area contributed by atoms with Gasteiger partial charge < -0.3 is 15.2 Å². The Morgan fingerprint density at radius 1 is 1.33 bits per heavy atom. The molecule has 0 spiro atoms. The van der Waals surface area contributed by atoms with Gasteiger partial charge in [0, 0.05) is 11.6 Å². The normalized spacial score (nSPS) is 17.7. The van der Waals surface area contributed by atoms with Gasteiger partial charge in [-0.3, -0.25) is 0 Å². The molecule has 1 saturated heterocycles. The van der Waals surface area contributed by atoms with Crippen LogP contribution in [0.2, 0.25) is 10.0 Å². The Hall–Kier alpha value is -0.130. The summed E-state index contributed by atoms with van der Waals surface area (Å²) in [5, 5.41) is 14.3. The van der Waals surface area contributed by atoms with E-state index >= 15 is 0 Å². The average Bonchev–Trinajstić information content (AvgIpc) is 2.47. The summed E-state index contributed by atoms with van der Waals surface area (Å²) in [7, 11) is 0. The number of thioether (sulfide) groups is 1. The molecule has 0 bridgehead atoms. The summed E-state index contributed by atoms with van der Waals surface area (Å²) >= 11 is 13.9. The summed E-state index contributed by atoms with van der Waals surface area (Å²) in [6.45, 7) is 1.73. The quantitative estimate of drug-likeness (QED) is 0.790. The van der Waals surface area contributed by atoms with Crippen LogP contribution in [0, 0.1) is 5.92 Å². The SMILES string of the molecule is OC(CNCC1CCSCC1)COc1ccc(Cl)cc1Cl. The first-order valence-corrected chi connectivity index (χ1v) is 9.10. The van der Waals surface area contributed by atoms with Gasteiger partial charge in [-0.05, 0) is 55.0 Å². The molecule has 1 aliphatic heterocycles. The molecule has 1 fully saturated rings. The van der Waals surface area contributed by atoms with Crippen LogP contribution in [0.15, 0.2) is 18.2 Å². The van der Waals surface area contributed by atoms with Crippen LogP contribution in [-0.2, 0) is 0 Å². The standard InChI is InChI=1S/C15H21Cl2NO2S/c16-12-1-2-15(14(17)7-12)20-10-13(19)9-18-8-11-3-5-21-6-4-11/h1-2,7,11,13,18-19H,3-6,8-10H2. The third kappa shape index (κ3) is 6.25. The zero-order valence-corrected chi connectivity index (χ0v) is 14.2. The predicted molar refractivity (Wildman–Crippen MR) is 90.9 cm³/mol. The van der Waals surface area contributed by atoms with E-state index in [0.717, 1.165) is 12.5 Å². The van der Waals surface area contributed by atoms with E-state index < -0.39 is 6.10 Å². The number of aliphatic hydroxyl groups is 1. The second kappa shape index (κ2) is 9.11. The molecule has 2 rings (SSSR count). The van der Waals surface area contributed by atoms with Crippen molar-refractivity contribution < 1.29 is 9.84 Å². The van der Waals surface area contributed by atoms with Crippen molar-refractivity contribution in [3.8, 4) is 5.75 Å². The number of hydrogen-bond acceptors (Lipinski definition) is 4. The van der Waals surface area contributed by atoms with Crippen molar-refractivity contribution >= 4 is 35.0 Å². The minimum Gasteiger partial charge on any atom is -0.489 e. The maximum atomic E-state index is 9.92. The molecule has 1 atom stereocenters. The number of ether oxygens (including phenoxy) is 1. The zero-order chi connectivity index (χ0) is 15.1. The van der Waals surface area contributed by atoms with Crippen molar-refractivity contribution in [3.63, 3.8) is 0 Å². The first-order valence-electron chi connectivity index (χ1n) is 7.19. The first-order chi connectivity index (χ1) is 10.1. The highest BCUT2D eigenvalue weighted by Gasteiger charge is 2.14. The van der Waals surface area contributed by atoms with Gasteiger partial charge >= 0.3 is 0 Å². The molecule has 1 aliphatic rings. The van der Waals surface area contributed by atoms with Crippen molar-refractivity contribution in [1.29, 1.82) is 0 Å². The van der Waals surface area contributed by atoms with Crippen LogP contribution in [0.5, 0.6) is 5.75 Å². The van der Waals surface area contributed by atoms with Crippen LogP contribution >= 0.6 is 35.0 Å². The molecule has 2 N–H and O–H groups in total. The van der Waals surface area contributed by atoms with Gasteiger partial charge in [-0.25, -0.2) is 0 Å². The highest BCUT2D eigenvalue weighted by Crippen LogP contribution is 2.27. The third-order valence-corrected chi connectivity index (χ3v) is 5.06. The number of hydrogen-bond donors (Lipinski definition) is 2. The number of halogens is 2. The van der Waals surface area contributed by atoms with Crippen molar-refractivity contribution in [1.82, 2.24) is 5.32 Å². The Morgan fingerprint density at radius 3 is 2.81 bits per heavy atom. The molecule has 1 aromatic carbocycles. The molecule has 1 unspecified atom stereocenters. The second-order valence-electron chi connectivity index (χ2n) is 5.25. The summed E-state index contributed by atoms with van der Waals surface area (Å²) in [5.41, 5.74) is 0. The lowest BCUT2D eigenvalue weighted by Crippen LogP contribution is -2.35. The lowest BCUT2D eigenvalue weighted by Gasteiger charge is -2.22. The van der Waals surface area contributed by atoms with Crippen molar-refractivity contribution in [2.24, 2.45) is 5.92 Å². The van der Waals surface area contributed by atoms with E-state index in [9.17, 15) is 5.11 Å². The van der Waals surface area contributed by atoms with Gasteiger partial charge in [-0.1, -0.05) is 23.2 Å². The van der Waals surface area contributed by atoms with Crippen LogP contribution < -0.4 is 10.1 Å². The van der Waals surface area contributed by atoms with Gasteiger partial charge in [-0.15, -0.1) is 0 Å². The average molecular weight is 350 g/mol. The molecule has 0 aromatic heterocycles. The van der Waals surface area contributed by atoms with Crippen molar-refractivity contribution in [3.05, 3.63) is 28.2 Å². The topological polar surface area (TPSA) is 41.5 Å². The minimum atomic E-state index is -0.547. The number of nitrogens with one attached hydrogen (secondary N) is 1. The summed E-state index contributed by atoms with van der Waals surface area (Å²) in [4.78, 5) is 0. The highest BCUT2D eigenvalue weighted by molar-refractivity contribution is 7.99. The fraction of sp³-hybridized carbons (Fsp3) is 0.600. The van der Waals surface area contributed by atoms with E-state index in [-0.39, 0.29) is 6.61 Å². The van der Waals surface area contributed by atoms with Crippen LogP contribution in [0.4, 0.5) is 0 Å². The van der Waals surface area contributed by atoms with Gasteiger partial charge in [-0.2, -0.15) is 11.8 Å². The van der Waals surface area contributed by atoms with Gasteiger partial charge in [0.25, 0.3) is 0 Å². The number of rotatable bonds is 7.